The van der Waals surface area contributed by atoms with Crippen LogP contribution >= 0.6 is 0 Å². The zero-order chi connectivity index (χ0) is 26.0. The Labute approximate surface area is 216 Å². The predicted molar refractivity (Wildman–Crippen MR) is 136 cm³/mol. The summed E-state index contributed by atoms with van der Waals surface area (Å²) in [5, 5.41) is 3.10. The van der Waals surface area contributed by atoms with Gasteiger partial charge in [0.15, 0.2) is 0 Å². The molecule has 2 aromatic carbocycles. The molecule has 3 fully saturated rings. The molecule has 0 aromatic heterocycles. The first-order chi connectivity index (χ1) is 17.7. The number of carbonyl (C=O) groups excluding carboxylic acids is 1. The van der Waals surface area contributed by atoms with Gasteiger partial charge >= 0.3 is 6.18 Å². The molecule has 196 valence electrons. The fourth-order valence-electron chi connectivity index (χ4n) is 6.20. The molecule has 3 aliphatic rings. The highest BCUT2D eigenvalue weighted by molar-refractivity contribution is 5.94. The smallest absolute Gasteiger partial charge is 0.416 e. The lowest BCUT2D eigenvalue weighted by molar-refractivity contribution is -0.137. The molecule has 1 N–H and O–H groups in total. The van der Waals surface area contributed by atoms with Crippen LogP contribution in [0.5, 0.6) is 5.75 Å². The summed E-state index contributed by atoms with van der Waals surface area (Å²) >= 11 is 0. The van der Waals surface area contributed by atoms with E-state index in [4.69, 9.17) is 4.74 Å². The fraction of sp³-hybridized carbons (Fsp3) is 0.500. The SMILES string of the molecule is COc1cccc([C@@]23CCN(CC4CC4)C[C@H]2CC[C@@H](NC(=O)C#Cc2ccc(C(F)(F)F)cc2)C3)c1. The molecule has 4 nitrogen and oxygen atoms in total. The second kappa shape index (κ2) is 10.4. The van der Waals surface area contributed by atoms with Crippen LogP contribution in [0.2, 0.25) is 0 Å². The number of alkyl halides is 3. The summed E-state index contributed by atoms with van der Waals surface area (Å²) < 4.78 is 43.9. The van der Waals surface area contributed by atoms with Crippen LogP contribution in [0.1, 0.15) is 55.2 Å². The molecular formula is C30H33F3N2O2. The Morgan fingerprint density at radius 3 is 2.62 bits per heavy atom. The van der Waals surface area contributed by atoms with Gasteiger partial charge in [-0.2, -0.15) is 13.2 Å². The molecule has 37 heavy (non-hydrogen) atoms. The molecule has 0 bridgehead atoms. The molecule has 2 saturated carbocycles. The van der Waals surface area contributed by atoms with E-state index in [1.807, 2.05) is 12.1 Å². The normalized spacial score (nSPS) is 25.9. The molecule has 1 heterocycles. The van der Waals surface area contributed by atoms with Crippen molar-refractivity contribution in [1.29, 1.82) is 0 Å². The minimum atomic E-state index is -4.39. The lowest BCUT2D eigenvalue weighted by Gasteiger charge is -2.53. The van der Waals surface area contributed by atoms with Crippen LogP contribution in [0.3, 0.4) is 0 Å². The Bertz CT molecular complexity index is 1180. The van der Waals surface area contributed by atoms with E-state index in [-0.39, 0.29) is 11.5 Å². The van der Waals surface area contributed by atoms with Crippen molar-refractivity contribution in [2.75, 3.05) is 26.7 Å². The van der Waals surface area contributed by atoms with E-state index in [9.17, 15) is 18.0 Å². The highest BCUT2D eigenvalue weighted by Gasteiger charge is 2.48. The summed E-state index contributed by atoms with van der Waals surface area (Å²) in [5.41, 5.74) is 0.886. The summed E-state index contributed by atoms with van der Waals surface area (Å²) in [7, 11) is 1.69. The number of methoxy groups -OCH3 is 1. The van der Waals surface area contributed by atoms with Crippen LogP contribution in [0.4, 0.5) is 13.2 Å². The van der Waals surface area contributed by atoms with E-state index < -0.39 is 17.6 Å². The fourth-order valence-corrected chi connectivity index (χ4v) is 6.20. The van der Waals surface area contributed by atoms with E-state index in [1.54, 1.807) is 7.11 Å². The summed E-state index contributed by atoms with van der Waals surface area (Å²) in [5.74, 6) is 7.11. The van der Waals surface area contributed by atoms with E-state index in [0.717, 1.165) is 62.6 Å². The van der Waals surface area contributed by atoms with Crippen LogP contribution in [-0.2, 0) is 16.4 Å². The number of ether oxygens (including phenoxy) is 1. The molecule has 1 amide bonds. The molecule has 2 aromatic rings. The second-order valence-electron chi connectivity index (χ2n) is 10.8. The molecule has 1 aliphatic heterocycles. The van der Waals surface area contributed by atoms with Crippen molar-refractivity contribution in [3.05, 3.63) is 65.2 Å². The summed E-state index contributed by atoms with van der Waals surface area (Å²) in [6.45, 7) is 3.34. The van der Waals surface area contributed by atoms with Crippen LogP contribution < -0.4 is 10.1 Å². The van der Waals surface area contributed by atoms with Gasteiger partial charge in [-0.15, -0.1) is 0 Å². The van der Waals surface area contributed by atoms with Crippen LogP contribution in [0.15, 0.2) is 48.5 Å². The molecule has 7 heteroatoms. The molecule has 0 unspecified atom stereocenters. The first-order valence-electron chi connectivity index (χ1n) is 13.1. The van der Waals surface area contributed by atoms with Crippen molar-refractivity contribution < 1.29 is 22.7 Å². The van der Waals surface area contributed by atoms with Crippen molar-refractivity contribution >= 4 is 5.91 Å². The maximum absolute atomic E-state index is 12.8. The molecule has 3 atom stereocenters. The van der Waals surface area contributed by atoms with Gasteiger partial charge in [0.25, 0.3) is 5.91 Å². The summed E-state index contributed by atoms with van der Waals surface area (Å²) in [6.07, 6.45) is 2.11. The lowest BCUT2D eigenvalue weighted by Crippen LogP contribution is -2.56. The number of hydrogen-bond acceptors (Lipinski definition) is 3. The van der Waals surface area contributed by atoms with Crippen LogP contribution in [-0.4, -0.2) is 43.6 Å². The van der Waals surface area contributed by atoms with Gasteiger partial charge < -0.3 is 15.0 Å². The van der Waals surface area contributed by atoms with Crippen LogP contribution in [0, 0.1) is 23.7 Å². The molecule has 0 radical (unpaired) electrons. The number of halogens is 3. The zero-order valence-corrected chi connectivity index (χ0v) is 21.1. The minimum absolute atomic E-state index is 0.00756. The third-order valence-corrected chi connectivity index (χ3v) is 8.33. The number of fused-ring (bicyclic) bond motifs is 1. The number of likely N-dealkylation sites (tertiary alicyclic amines) is 1. The Morgan fingerprint density at radius 2 is 1.92 bits per heavy atom. The highest BCUT2D eigenvalue weighted by Crippen LogP contribution is 2.50. The number of benzene rings is 2. The average Bonchev–Trinajstić information content (AvgIpc) is 3.71. The molecule has 5 rings (SSSR count). The van der Waals surface area contributed by atoms with E-state index >= 15 is 0 Å². The van der Waals surface area contributed by atoms with Crippen molar-refractivity contribution in [3.8, 4) is 17.6 Å². The van der Waals surface area contributed by atoms with Gasteiger partial charge in [-0.1, -0.05) is 18.1 Å². The lowest BCUT2D eigenvalue weighted by atomic mass is 9.58. The largest absolute Gasteiger partial charge is 0.497 e. The van der Waals surface area contributed by atoms with E-state index in [2.05, 4.69) is 34.2 Å². The van der Waals surface area contributed by atoms with Crippen molar-refractivity contribution in [3.63, 3.8) is 0 Å². The number of piperidine rings is 1. The minimum Gasteiger partial charge on any atom is -0.497 e. The Kier molecular flexibility index (Phi) is 7.22. The monoisotopic (exact) mass is 510 g/mol. The Morgan fingerprint density at radius 1 is 1.14 bits per heavy atom. The standard InChI is InChI=1S/C30H33F3N2O2/c1-37-27-4-2-3-24(17-27)29-15-16-35(19-22-5-6-22)20-25(29)12-13-26(18-29)34-28(36)14-9-21-7-10-23(11-8-21)30(31,32)33/h2-4,7-8,10-11,17,22,25-26H,5-6,12-13,15-16,18-20H2,1H3,(H,34,36)/t25-,26-,29+/m1/s1. The Hall–Kier alpha value is -2.98. The molecule has 0 spiro atoms. The van der Waals surface area contributed by atoms with Crippen LogP contribution in [0.25, 0.3) is 0 Å². The maximum Gasteiger partial charge on any atom is 0.416 e. The highest BCUT2D eigenvalue weighted by atomic mass is 19.4. The van der Waals surface area contributed by atoms with Crippen molar-refractivity contribution in [2.24, 2.45) is 11.8 Å². The van der Waals surface area contributed by atoms with Gasteiger partial charge in [0.1, 0.15) is 5.75 Å². The van der Waals surface area contributed by atoms with Gasteiger partial charge in [0, 0.05) is 36.0 Å². The van der Waals surface area contributed by atoms with Crippen molar-refractivity contribution in [2.45, 2.75) is 56.2 Å². The molecule has 2 aliphatic carbocycles. The third kappa shape index (κ3) is 5.96. The van der Waals surface area contributed by atoms with Gasteiger partial charge in [0.2, 0.25) is 0 Å². The Balaban J connectivity index is 1.29. The van der Waals surface area contributed by atoms with Crippen molar-refractivity contribution in [1.82, 2.24) is 10.2 Å². The third-order valence-electron chi connectivity index (χ3n) is 8.33. The molecule has 1 saturated heterocycles. The number of hydrogen-bond donors (Lipinski definition) is 1. The van der Waals surface area contributed by atoms with Gasteiger partial charge in [-0.25, -0.2) is 0 Å². The van der Waals surface area contributed by atoms with Gasteiger partial charge in [-0.3, -0.25) is 4.79 Å². The van der Waals surface area contributed by atoms with E-state index in [0.29, 0.717) is 11.5 Å². The number of carbonyl (C=O) groups is 1. The number of nitrogens with zero attached hydrogens (tertiary/aromatic N) is 1. The number of amides is 1. The predicted octanol–water partition coefficient (Wildman–Crippen LogP) is 5.40. The second-order valence-corrected chi connectivity index (χ2v) is 10.8. The first kappa shape index (κ1) is 25.7. The summed E-state index contributed by atoms with van der Waals surface area (Å²) in [4.78, 5) is 15.3. The van der Waals surface area contributed by atoms with E-state index in [1.165, 1.54) is 37.1 Å². The first-order valence-corrected chi connectivity index (χ1v) is 13.1. The average molecular weight is 511 g/mol. The van der Waals surface area contributed by atoms with Gasteiger partial charge in [-0.05, 0) is 98.9 Å². The quantitative estimate of drug-likeness (QED) is 0.548. The zero-order valence-electron chi connectivity index (χ0n) is 21.1. The number of nitrogens with one attached hydrogen (secondary N) is 1. The topological polar surface area (TPSA) is 41.6 Å². The molecular weight excluding hydrogens is 477 g/mol. The maximum atomic E-state index is 12.8. The van der Waals surface area contributed by atoms with Gasteiger partial charge in [0.05, 0.1) is 12.7 Å². The summed E-state index contributed by atoms with van der Waals surface area (Å²) in [6, 6.07) is 12.9. The number of rotatable bonds is 5.